The van der Waals surface area contributed by atoms with Crippen LogP contribution in [0.25, 0.3) is 0 Å². The fourth-order valence-electron chi connectivity index (χ4n) is 4.01. The summed E-state index contributed by atoms with van der Waals surface area (Å²) < 4.78 is 6.38. The third-order valence-electron chi connectivity index (χ3n) is 6.98. The van der Waals surface area contributed by atoms with Gasteiger partial charge >= 0.3 is 0 Å². The standard InChI is InChI=1S/C21H33NO2Si/c1-16-9-8-10-17-20(5,12-11-18(23)21(16,17)15-22)13-14-24-25(6,7)19(2,3)4/h8-9,11-12,16-17H,10,13-14H2,1-7H3/t16-,17-,20-,21-/m0/s1. The molecule has 0 bridgehead atoms. The van der Waals surface area contributed by atoms with Crippen molar-refractivity contribution < 1.29 is 9.22 Å². The van der Waals surface area contributed by atoms with E-state index >= 15 is 0 Å². The van der Waals surface area contributed by atoms with Crippen molar-refractivity contribution in [3.63, 3.8) is 0 Å². The van der Waals surface area contributed by atoms with E-state index in [1.807, 2.05) is 19.1 Å². The Morgan fingerprint density at radius 3 is 2.60 bits per heavy atom. The normalized spacial score (nSPS) is 35.4. The van der Waals surface area contributed by atoms with Gasteiger partial charge in [0, 0.05) is 12.5 Å². The van der Waals surface area contributed by atoms with Crippen LogP contribution in [0.4, 0.5) is 0 Å². The second-order valence-electron chi connectivity index (χ2n) is 9.55. The molecule has 0 heterocycles. The van der Waals surface area contributed by atoms with Gasteiger partial charge in [0.25, 0.3) is 0 Å². The Bertz CT molecular complexity index is 637. The summed E-state index contributed by atoms with van der Waals surface area (Å²) in [4.78, 5) is 12.7. The van der Waals surface area contributed by atoms with Gasteiger partial charge < -0.3 is 4.43 Å². The lowest BCUT2D eigenvalue weighted by Gasteiger charge is -2.50. The van der Waals surface area contributed by atoms with E-state index in [4.69, 9.17) is 4.43 Å². The van der Waals surface area contributed by atoms with E-state index in [1.165, 1.54) is 0 Å². The molecule has 0 saturated heterocycles. The zero-order valence-corrected chi connectivity index (χ0v) is 17.8. The minimum atomic E-state index is -1.79. The summed E-state index contributed by atoms with van der Waals surface area (Å²) in [5, 5.41) is 10.1. The van der Waals surface area contributed by atoms with Gasteiger partial charge in [0.1, 0.15) is 5.41 Å². The molecule has 0 aromatic carbocycles. The zero-order valence-electron chi connectivity index (χ0n) is 16.8. The molecular formula is C21H33NO2Si. The zero-order chi connectivity index (χ0) is 19.1. The number of allylic oxidation sites excluding steroid dienone is 4. The minimum absolute atomic E-state index is 0.0190. The average Bonchev–Trinajstić information content (AvgIpc) is 2.50. The Labute approximate surface area is 154 Å². The quantitative estimate of drug-likeness (QED) is 0.508. The van der Waals surface area contributed by atoms with Crippen molar-refractivity contribution in [3.8, 4) is 6.07 Å². The molecule has 0 radical (unpaired) electrons. The summed E-state index contributed by atoms with van der Waals surface area (Å²) in [5.41, 5.74) is -1.11. The second-order valence-corrected chi connectivity index (χ2v) is 14.4. The van der Waals surface area contributed by atoms with E-state index in [0.29, 0.717) is 6.61 Å². The highest BCUT2D eigenvalue weighted by Crippen LogP contribution is 2.55. The van der Waals surface area contributed by atoms with Crippen molar-refractivity contribution in [2.45, 2.75) is 65.6 Å². The molecule has 2 aliphatic carbocycles. The minimum Gasteiger partial charge on any atom is -0.417 e. The highest BCUT2D eigenvalue weighted by molar-refractivity contribution is 6.74. The molecule has 0 saturated carbocycles. The maximum Gasteiger partial charge on any atom is 0.191 e. The highest BCUT2D eigenvalue weighted by Gasteiger charge is 2.57. The first kappa shape index (κ1) is 20.1. The fourth-order valence-corrected chi connectivity index (χ4v) is 5.06. The number of ketones is 1. The van der Waals surface area contributed by atoms with Crippen molar-refractivity contribution in [1.29, 1.82) is 5.26 Å². The van der Waals surface area contributed by atoms with Crippen LogP contribution in [0.15, 0.2) is 24.3 Å². The van der Waals surface area contributed by atoms with Crippen molar-refractivity contribution in [1.82, 2.24) is 0 Å². The van der Waals surface area contributed by atoms with E-state index in [1.54, 1.807) is 6.08 Å². The van der Waals surface area contributed by atoms with Crippen LogP contribution in [-0.2, 0) is 9.22 Å². The van der Waals surface area contributed by atoms with Gasteiger partial charge in [0.2, 0.25) is 0 Å². The first-order chi connectivity index (χ1) is 11.4. The van der Waals surface area contributed by atoms with Gasteiger partial charge in [0.15, 0.2) is 14.1 Å². The van der Waals surface area contributed by atoms with Gasteiger partial charge in [-0.2, -0.15) is 5.26 Å². The molecule has 2 aliphatic rings. The largest absolute Gasteiger partial charge is 0.417 e. The van der Waals surface area contributed by atoms with Crippen LogP contribution in [-0.4, -0.2) is 20.7 Å². The third kappa shape index (κ3) is 3.29. The molecule has 0 N–H and O–H groups in total. The van der Waals surface area contributed by atoms with Gasteiger partial charge in [-0.1, -0.05) is 52.8 Å². The number of carbonyl (C=O) groups excluding carboxylic acids is 1. The Morgan fingerprint density at radius 1 is 1.40 bits per heavy atom. The van der Waals surface area contributed by atoms with Crippen LogP contribution in [0, 0.1) is 34.0 Å². The van der Waals surface area contributed by atoms with Crippen molar-refractivity contribution in [2.24, 2.45) is 22.7 Å². The molecule has 2 rings (SSSR count). The molecule has 0 aromatic heterocycles. The predicted octanol–water partition coefficient (Wildman–Crippen LogP) is 5.27. The van der Waals surface area contributed by atoms with E-state index in [2.05, 4.69) is 52.9 Å². The van der Waals surface area contributed by atoms with E-state index in [-0.39, 0.29) is 28.1 Å². The molecule has 138 valence electrons. The lowest BCUT2D eigenvalue weighted by Crippen LogP contribution is -2.52. The average molecular weight is 360 g/mol. The number of nitriles is 1. The summed E-state index contributed by atoms with van der Waals surface area (Å²) in [6.07, 6.45) is 9.49. The smallest absolute Gasteiger partial charge is 0.191 e. The molecule has 0 aliphatic heterocycles. The third-order valence-corrected chi connectivity index (χ3v) is 11.5. The van der Waals surface area contributed by atoms with Gasteiger partial charge in [-0.3, -0.25) is 4.79 Å². The van der Waals surface area contributed by atoms with Gasteiger partial charge in [-0.05, 0) is 48.4 Å². The topological polar surface area (TPSA) is 50.1 Å². The molecule has 0 aromatic rings. The van der Waals surface area contributed by atoms with Crippen LogP contribution >= 0.6 is 0 Å². The van der Waals surface area contributed by atoms with E-state index < -0.39 is 13.7 Å². The Hall–Kier alpha value is -1.18. The molecule has 3 nitrogen and oxygen atoms in total. The molecule has 0 fully saturated rings. The van der Waals surface area contributed by atoms with E-state index in [0.717, 1.165) is 12.8 Å². The molecule has 4 heteroatoms. The molecule has 0 amide bonds. The summed E-state index contributed by atoms with van der Waals surface area (Å²) >= 11 is 0. The van der Waals surface area contributed by atoms with Gasteiger partial charge in [0.05, 0.1) is 6.07 Å². The number of nitrogens with zero attached hydrogens (tertiary/aromatic N) is 1. The molecule has 0 spiro atoms. The highest BCUT2D eigenvalue weighted by atomic mass is 28.4. The van der Waals surface area contributed by atoms with Crippen molar-refractivity contribution >= 4 is 14.1 Å². The maximum atomic E-state index is 12.7. The lowest BCUT2D eigenvalue weighted by molar-refractivity contribution is -0.130. The lowest BCUT2D eigenvalue weighted by atomic mass is 9.50. The van der Waals surface area contributed by atoms with Crippen LogP contribution in [0.2, 0.25) is 18.1 Å². The number of rotatable bonds is 4. The molecular weight excluding hydrogens is 326 g/mol. The molecule has 4 atom stereocenters. The van der Waals surface area contributed by atoms with E-state index in [9.17, 15) is 10.1 Å². The van der Waals surface area contributed by atoms with Crippen LogP contribution < -0.4 is 0 Å². The van der Waals surface area contributed by atoms with Crippen LogP contribution in [0.3, 0.4) is 0 Å². The molecule has 0 unspecified atom stereocenters. The number of hydrogen-bond acceptors (Lipinski definition) is 3. The summed E-state index contributed by atoms with van der Waals surface area (Å²) in [6.45, 7) is 16.1. The predicted molar refractivity (Wildman–Crippen MR) is 104 cm³/mol. The SMILES string of the molecule is C[C@H]1C=CC[C@@H]2[C@@]1(C#N)C(=O)C=C[C@@]2(C)CCO[Si](C)(C)C(C)(C)C. The van der Waals surface area contributed by atoms with Crippen LogP contribution in [0.1, 0.15) is 47.5 Å². The monoisotopic (exact) mass is 359 g/mol. The number of fused-ring (bicyclic) bond motifs is 1. The summed E-state index contributed by atoms with van der Waals surface area (Å²) in [5.74, 6) is -0.0560. The molecule has 25 heavy (non-hydrogen) atoms. The Balaban J connectivity index is 2.23. The first-order valence-corrected chi connectivity index (χ1v) is 12.3. The maximum absolute atomic E-state index is 12.7. The van der Waals surface area contributed by atoms with Crippen molar-refractivity contribution in [2.75, 3.05) is 6.61 Å². The number of carbonyl (C=O) groups is 1. The van der Waals surface area contributed by atoms with Gasteiger partial charge in [-0.15, -0.1) is 0 Å². The fraction of sp³-hybridized carbons (Fsp3) is 0.714. The first-order valence-electron chi connectivity index (χ1n) is 9.36. The Kier molecular flexibility index (Phi) is 5.25. The summed E-state index contributed by atoms with van der Waals surface area (Å²) in [7, 11) is -1.79. The summed E-state index contributed by atoms with van der Waals surface area (Å²) in [6, 6.07) is 2.42. The Morgan fingerprint density at radius 2 is 2.04 bits per heavy atom. The number of hydrogen-bond donors (Lipinski definition) is 0. The van der Waals surface area contributed by atoms with Crippen molar-refractivity contribution in [3.05, 3.63) is 24.3 Å². The second kappa shape index (κ2) is 6.52. The van der Waals surface area contributed by atoms with Crippen LogP contribution in [0.5, 0.6) is 0 Å². The van der Waals surface area contributed by atoms with Gasteiger partial charge in [-0.25, -0.2) is 0 Å².